The van der Waals surface area contributed by atoms with Crippen LogP contribution in [0.3, 0.4) is 0 Å². The second-order valence-corrected chi connectivity index (χ2v) is 7.68. The smallest absolute Gasteiger partial charge is 0.251 e. The summed E-state index contributed by atoms with van der Waals surface area (Å²) in [6.07, 6.45) is 1.10. The lowest BCUT2D eigenvalue weighted by molar-refractivity contribution is -0.121. The Morgan fingerprint density at radius 1 is 1.00 bits per heavy atom. The third-order valence-corrected chi connectivity index (χ3v) is 4.71. The van der Waals surface area contributed by atoms with Crippen molar-refractivity contribution in [3.05, 3.63) is 66.1 Å². The molecule has 0 spiro atoms. The van der Waals surface area contributed by atoms with E-state index in [9.17, 15) is 9.59 Å². The molecule has 174 valence electrons. The van der Waals surface area contributed by atoms with E-state index in [1.165, 1.54) is 0 Å². The summed E-state index contributed by atoms with van der Waals surface area (Å²) in [6.45, 7) is 1.95. The molecule has 0 saturated heterocycles. The molecule has 0 saturated carbocycles. The molecule has 9 nitrogen and oxygen atoms in total. The van der Waals surface area contributed by atoms with Crippen LogP contribution in [-0.2, 0) is 11.3 Å². The molecule has 0 unspecified atom stereocenters. The summed E-state index contributed by atoms with van der Waals surface area (Å²) < 4.78 is 11.1. The van der Waals surface area contributed by atoms with E-state index in [1.54, 1.807) is 24.3 Å². The zero-order chi connectivity index (χ0) is 23.5. The van der Waals surface area contributed by atoms with Gasteiger partial charge in [-0.15, -0.1) is 10.2 Å². The van der Waals surface area contributed by atoms with Crippen molar-refractivity contribution in [3.63, 3.8) is 0 Å². The highest BCUT2D eigenvalue weighted by Gasteiger charge is 2.11. The first kappa shape index (κ1) is 23.9. The maximum Gasteiger partial charge on any atom is 0.251 e. The van der Waals surface area contributed by atoms with Gasteiger partial charge in [0, 0.05) is 17.7 Å². The molecule has 33 heavy (non-hydrogen) atoms. The molecule has 2 N–H and O–H groups in total. The monoisotopic (exact) mass is 451 g/mol. The number of aromatic nitrogens is 2. The van der Waals surface area contributed by atoms with E-state index >= 15 is 0 Å². The molecule has 0 radical (unpaired) electrons. The Bertz CT molecular complexity index is 1020. The van der Waals surface area contributed by atoms with Crippen LogP contribution in [0.2, 0.25) is 0 Å². The summed E-state index contributed by atoms with van der Waals surface area (Å²) >= 11 is 0. The van der Waals surface area contributed by atoms with Gasteiger partial charge in [0.05, 0.1) is 19.6 Å². The Morgan fingerprint density at radius 3 is 2.48 bits per heavy atom. The van der Waals surface area contributed by atoms with Crippen molar-refractivity contribution in [3.8, 4) is 17.2 Å². The summed E-state index contributed by atoms with van der Waals surface area (Å²) in [5, 5.41) is 13.6. The summed E-state index contributed by atoms with van der Waals surface area (Å²) in [4.78, 5) is 26.3. The lowest BCUT2D eigenvalue weighted by atomic mass is 10.1. The molecule has 0 fully saturated rings. The molecular weight excluding hydrogens is 422 g/mol. The molecule has 0 atom stereocenters. The van der Waals surface area contributed by atoms with Gasteiger partial charge < -0.3 is 24.7 Å². The summed E-state index contributed by atoms with van der Waals surface area (Å²) in [5.41, 5.74) is 1.26. The number of amides is 2. The van der Waals surface area contributed by atoms with Crippen molar-refractivity contribution < 1.29 is 18.7 Å². The molecule has 1 aromatic heterocycles. The molecule has 0 aliphatic carbocycles. The molecule has 3 aromatic rings. The number of para-hydroxylation sites is 1. The summed E-state index contributed by atoms with van der Waals surface area (Å²) in [7, 11) is 4.00. The third kappa shape index (κ3) is 8.04. The van der Waals surface area contributed by atoms with E-state index in [0.29, 0.717) is 29.5 Å². The molecule has 2 amide bonds. The van der Waals surface area contributed by atoms with Gasteiger partial charge in [0.1, 0.15) is 5.75 Å². The minimum absolute atomic E-state index is 0.120. The second kappa shape index (κ2) is 12.4. The number of hydrogen-bond acceptors (Lipinski definition) is 7. The first-order chi connectivity index (χ1) is 16.0. The summed E-state index contributed by atoms with van der Waals surface area (Å²) in [6, 6.07) is 16.3. The Morgan fingerprint density at radius 2 is 1.76 bits per heavy atom. The fraction of sp³-hybridized carbons (Fsp3) is 0.333. The number of hydrogen-bond donors (Lipinski definition) is 2. The largest absolute Gasteiger partial charge is 0.493 e. The number of nitrogens with one attached hydrogen (secondary N) is 2. The van der Waals surface area contributed by atoms with Crippen LogP contribution in [0.5, 0.6) is 5.75 Å². The molecule has 2 aromatic carbocycles. The number of rotatable bonds is 12. The minimum Gasteiger partial charge on any atom is -0.493 e. The Labute approximate surface area is 193 Å². The van der Waals surface area contributed by atoms with E-state index in [2.05, 4.69) is 25.7 Å². The highest BCUT2D eigenvalue weighted by atomic mass is 16.5. The van der Waals surface area contributed by atoms with Gasteiger partial charge in [-0.05, 0) is 63.5 Å². The van der Waals surface area contributed by atoms with Gasteiger partial charge in [-0.2, -0.15) is 0 Å². The predicted molar refractivity (Wildman–Crippen MR) is 124 cm³/mol. The molecule has 9 heteroatoms. The zero-order valence-corrected chi connectivity index (χ0v) is 18.9. The van der Waals surface area contributed by atoms with Crippen LogP contribution in [0.15, 0.2) is 59.0 Å². The minimum atomic E-state index is -0.174. The maximum atomic E-state index is 12.2. The number of nitrogens with zero attached hydrogens (tertiary/aromatic N) is 3. The van der Waals surface area contributed by atoms with Gasteiger partial charge >= 0.3 is 0 Å². The van der Waals surface area contributed by atoms with Crippen LogP contribution >= 0.6 is 0 Å². The normalized spacial score (nSPS) is 10.8. The predicted octanol–water partition coefficient (Wildman–Crippen LogP) is 2.50. The van der Waals surface area contributed by atoms with Crippen molar-refractivity contribution in [1.82, 2.24) is 25.7 Å². The van der Waals surface area contributed by atoms with Crippen molar-refractivity contribution in [2.45, 2.75) is 19.4 Å². The molecular formula is C24H29N5O4. The van der Waals surface area contributed by atoms with E-state index < -0.39 is 0 Å². The maximum absolute atomic E-state index is 12.2. The van der Waals surface area contributed by atoms with Gasteiger partial charge in [0.15, 0.2) is 0 Å². The van der Waals surface area contributed by atoms with Crippen molar-refractivity contribution in [2.75, 3.05) is 33.8 Å². The highest BCUT2D eigenvalue weighted by Crippen LogP contribution is 2.18. The SMILES string of the molecule is CN(C)CCCNC(=O)c1ccc(-c2nnc(CNC(=O)CCOc3ccccc3)o2)cc1. The van der Waals surface area contributed by atoms with Crippen LogP contribution < -0.4 is 15.4 Å². The standard InChI is InChI=1S/C24H29N5O4/c1-29(2)15-6-14-25-23(31)18-9-11-19(12-10-18)24-28-27-22(33-24)17-26-21(30)13-16-32-20-7-4-3-5-8-20/h3-5,7-12H,6,13-17H2,1-2H3,(H,25,31)(H,26,30). The number of carbonyl (C=O) groups is 2. The van der Waals surface area contributed by atoms with Gasteiger partial charge in [-0.3, -0.25) is 9.59 Å². The van der Waals surface area contributed by atoms with Crippen LogP contribution in [0.4, 0.5) is 0 Å². The topological polar surface area (TPSA) is 110 Å². The first-order valence-corrected chi connectivity index (χ1v) is 10.8. The average molecular weight is 452 g/mol. The fourth-order valence-electron chi connectivity index (χ4n) is 2.95. The molecule has 3 rings (SSSR count). The second-order valence-electron chi connectivity index (χ2n) is 7.68. The van der Waals surface area contributed by atoms with Gasteiger partial charge in [0.2, 0.25) is 17.7 Å². The fourth-order valence-corrected chi connectivity index (χ4v) is 2.95. The quantitative estimate of drug-likeness (QED) is 0.407. The molecule has 0 aliphatic heterocycles. The molecule has 1 heterocycles. The van der Waals surface area contributed by atoms with Gasteiger partial charge in [-0.25, -0.2) is 0 Å². The number of ether oxygens (including phenoxy) is 1. The third-order valence-electron chi connectivity index (χ3n) is 4.71. The lowest BCUT2D eigenvalue weighted by Crippen LogP contribution is -2.27. The van der Waals surface area contributed by atoms with Crippen molar-refractivity contribution in [1.29, 1.82) is 0 Å². The van der Waals surface area contributed by atoms with E-state index in [0.717, 1.165) is 18.7 Å². The number of carbonyl (C=O) groups excluding carboxylic acids is 2. The van der Waals surface area contributed by atoms with Crippen molar-refractivity contribution in [2.24, 2.45) is 0 Å². The Hall–Kier alpha value is -3.72. The van der Waals surface area contributed by atoms with Crippen LogP contribution in [0.25, 0.3) is 11.5 Å². The van der Waals surface area contributed by atoms with Crippen molar-refractivity contribution >= 4 is 11.8 Å². The van der Waals surface area contributed by atoms with E-state index in [4.69, 9.17) is 9.15 Å². The average Bonchev–Trinajstić information content (AvgIpc) is 3.30. The first-order valence-electron chi connectivity index (χ1n) is 10.8. The van der Waals surface area contributed by atoms with E-state index in [1.807, 2.05) is 44.4 Å². The van der Waals surface area contributed by atoms with Gasteiger partial charge in [0.25, 0.3) is 5.91 Å². The lowest BCUT2D eigenvalue weighted by Gasteiger charge is -2.10. The zero-order valence-electron chi connectivity index (χ0n) is 18.9. The Kier molecular flexibility index (Phi) is 8.96. The van der Waals surface area contributed by atoms with Crippen LogP contribution in [0.1, 0.15) is 29.1 Å². The van der Waals surface area contributed by atoms with E-state index in [-0.39, 0.29) is 31.4 Å². The molecule has 0 bridgehead atoms. The van der Waals surface area contributed by atoms with Crippen LogP contribution in [-0.4, -0.2) is 60.7 Å². The Balaban J connectivity index is 1.42. The molecule has 0 aliphatic rings. The number of benzene rings is 2. The highest BCUT2D eigenvalue weighted by molar-refractivity contribution is 5.94. The van der Waals surface area contributed by atoms with Gasteiger partial charge in [-0.1, -0.05) is 18.2 Å². The van der Waals surface area contributed by atoms with Crippen LogP contribution in [0, 0.1) is 0 Å². The summed E-state index contributed by atoms with van der Waals surface area (Å²) in [5.74, 6) is 1.05.